The van der Waals surface area contributed by atoms with Crippen molar-refractivity contribution in [1.82, 2.24) is 5.32 Å². The van der Waals surface area contributed by atoms with Crippen LogP contribution in [0, 0.1) is 0 Å². The average Bonchev–Trinajstić information content (AvgIpc) is 1.72. The molecule has 0 rings (SSSR count). The highest BCUT2D eigenvalue weighted by Crippen LogP contribution is 1.87. The van der Waals surface area contributed by atoms with E-state index in [4.69, 9.17) is 5.73 Å². The molecule has 0 radical (unpaired) electrons. The van der Waals surface area contributed by atoms with Crippen molar-refractivity contribution in [3.05, 3.63) is 11.9 Å². The Morgan fingerprint density at radius 2 is 2.43 bits per heavy atom. The van der Waals surface area contributed by atoms with Crippen LogP contribution in [0.25, 0.3) is 0 Å². The van der Waals surface area contributed by atoms with Crippen molar-refractivity contribution in [2.24, 2.45) is 5.73 Å². The van der Waals surface area contributed by atoms with Gasteiger partial charge in [0.2, 0.25) is 0 Å². The fourth-order valence-electron chi connectivity index (χ4n) is 0.378. The molecular formula is C5H12N2. The molecule has 0 aromatic heterocycles. The summed E-state index contributed by atoms with van der Waals surface area (Å²) in [6.07, 6.45) is 2.56. The van der Waals surface area contributed by atoms with Gasteiger partial charge in [-0.05, 0) is 6.42 Å². The molecule has 0 aromatic carbocycles. The van der Waals surface area contributed by atoms with E-state index in [0.717, 1.165) is 12.1 Å². The smallest absolute Gasteiger partial charge is 0.0259 e. The van der Waals surface area contributed by atoms with Gasteiger partial charge in [-0.1, -0.05) is 6.92 Å². The maximum atomic E-state index is 5.17. The monoisotopic (exact) mass is 100 g/mol. The maximum Gasteiger partial charge on any atom is 0.0259 e. The highest BCUT2D eigenvalue weighted by Gasteiger charge is 1.80. The molecule has 0 fully saturated rings. The quantitative estimate of drug-likeness (QED) is 0.527. The van der Waals surface area contributed by atoms with Gasteiger partial charge in [0.05, 0.1) is 0 Å². The molecule has 0 saturated heterocycles. The van der Waals surface area contributed by atoms with E-state index in [2.05, 4.69) is 12.2 Å². The maximum absolute atomic E-state index is 5.17. The molecule has 0 spiro atoms. The topological polar surface area (TPSA) is 38.0 Å². The summed E-state index contributed by atoms with van der Waals surface area (Å²) in [4.78, 5) is 0. The fourth-order valence-corrected chi connectivity index (χ4v) is 0.378. The number of nitrogens with two attached hydrogens (primary N) is 1. The summed E-state index contributed by atoms with van der Waals surface area (Å²) in [6, 6.07) is 0. The van der Waals surface area contributed by atoms with Crippen LogP contribution in [0.2, 0.25) is 0 Å². The lowest BCUT2D eigenvalue weighted by molar-refractivity contribution is 0.893. The Bertz CT molecular complexity index is 60.5. The second-order valence-electron chi connectivity index (χ2n) is 1.30. The molecule has 0 unspecified atom stereocenters. The summed E-state index contributed by atoms with van der Waals surface area (Å²) < 4.78 is 0. The Morgan fingerprint density at radius 3 is 2.43 bits per heavy atom. The van der Waals surface area contributed by atoms with E-state index in [1.165, 1.54) is 0 Å². The number of rotatable bonds is 2. The van der Waals surface area contributed by atoms with Gasteiger partial charge in [-0.15, -0.1) is 0 Å². The molecule has 0 saturated carbocycles. The molecule has 0 aliphatic carbocycles. The van der Waals surface area contributed by atoms with Crippen molar-refractivity contribution in [1.29, 1.82) is 0 Å². The Labute approximate surface area is 44.4 Å². The van der Waals surface area contributed by atoms with Gasteiger partial charge < -0.3 is 11.1 Å². The zero-order valence-electron chi connectivity index (χ0n) is 4.86. The minimum absolute atomic E-state index is 0.979. The van der Waals surface area contributed by atoms with E-state index in [0.29, 0.717) is 0 Å². The van der Waals surface area contributed by atoms with Crippen molar-refractivity contribution in [2.45, 2.75) is 13.3 Å². The third-order valence-corrected chi connectivity index (χ3v) is 0.903. The summed E-state index contributed by atoms with van der Waals surface area (Å²) in [5.74, 6) is 0. The normalized spacial score (nSPS) is 11.4. The summed E-state index contributed by atoms with van der Waals surface area (Å²) in [7, 11) is 1.86. The fraction of sp³-hybridized carbons (Fsp3) is 0.600. The van der Waals surface area contributed by atoms with E-state index < -0.39 is 0 Å². The first-order valence-electron chi connectivity index (χ1n) is 2.43. The number of allylic oxidation sites excluding steroid dienone is 1. The molecule has 0 aliphatic heterocycles. The van der Waals surface area contributed by atoms with Gasteiger partial charge in [0.1, 0.15) is 0 Å². The van der Waals surface area contributed by atoms with Gasteiger partial charge in [-0.25, -0.2) is 0 Å². The van der Waals surface area contributed by atoms with Crippen LogP contribution in [0.5, 0.6) is 0 Å². The number of nitrogens with one attached hydrogen (secondary N) is 1. The predicted molar refractivity (Wildman–Crippen MR) is 31.6 cm³/mol. The molecule has 2 nitrogen and oxygen atoms in total. The van der Waals surface area contributed by atoms with Crippen LogP contribution < -0.4 is 11.1 Å². The molecule has 7 heavy (non-hydrogen) atoms. The molecule has 0 atom stereocenters. The number of hydrogen-bond donors (Lipinski definition) is 2. The molecule has 0 heterocycles. The van der Waals surface area contributed by atoms with Crippen LogP contribution in [0.15, 0.2) is 11.9 Å². The summed E-state index contributed by atoms with van der Waals surface area (Å²) in [6.45, 7) is 2.05. The minimum atomic E-state index is 0.979. The third kappa shape index (κ3) is 2.09. The number of hydrogen-bond acceptors (Lipinski definition) is 2. The SMILES string of the molecule is CC/C(=C\N)NC. The van der Waals surface area contributed by atoms with Crippen LogP contribution in [0.1, 0.15) is 13.3 Å². The van der Waals surface area contributed by atoms with Crippen molar-refractivity contribution in [3.8, 4) is 0 Å². The second-order valence-corrected chi connectivity index (χ2v) is 1.30. The van der Waals surface area contributed by atoms with Gasteiger partial charge in [0.15, 0.2) is 0 Å². The first kappa shape index (κ1) is 6.34. The minimum Gasteiger partial charge on any atom is -0.403 e. The van der Waals surface area contributed by atoms with Crippen molar-refractivity contribution in [2.75, 3.05) is 7.05 Å². The molecule has 0 amide bonds. The first-order valence-corrected chi connectivity index (χ1v) is 2.43. The average molecular weight is 100 g/mol. The van der Waals surface area contributed by atoms with E-state index in [9.17, 15) is 0 Å². The van der Waals surface area contributed by atoms with Gasteiger partial charge in [0, 0.05) is 18.9 Å². The highest BCUT2D eigenvalue weighted by atomic mass is 14.8. The Kier molecular flexibility index (Phi) is 3.19. The van der Waals surface area contributed by atoms with Crippen LogP contribution in [0.3, 0.4) is 0 Å². The zero-order chi connectivity index (χ0) is 5.70. The van der Waals surface area contributed by atoms with E-state index in [-0.39, 0.29) is 0 Å². The van der Waals surface area contributed by atoms with E-state index in [1.54, 1.807) is 6.20 Å². The molecule has 3 N–H and O–H groups in total. The summed E-state index contributed by atoms with van der Waals surface area (Å²) in [5.41, 5.74) is 6.25. The Balaban J connectivity index is 3.38. The first-order chi connectivity index (χ1) is 3.35. The summed E-state index contributed by atoms with van der Waals surface area (Å²) in [5, 5.41) is 2.94. The lowest BCUT2D eigenvalue weighted by Gasteiger charge is -1.97. The molecule has 0 aliphatic rings. The van der Waals surface area contributed by atoms with Crippen molar-refractivity contribution < 1.29 is 0 Å². The molecule has 2 heteroatoms. The van der Waals surface area contributed by atoms with Gasteiger partial charge >= 0.3 is 0 Å². The highest BCUT2D eigenvalue weighted by molar-refractivity contribution is 4.93. The Morgan fingerprint density at radius 1 is 1.86 bits per heavy atom. The molecule has 42 valence electrons. The van der Waals surface area contributed by atoms with Crippen molar-refractivity contribution >= 4 is 0 Å². The van der Waals surface area contributed by atoms with E-state index >= 15 is 0 Å². The predicted octanol–water partition coefficient (Wildman–Crippen LogP) is 0.416. The molecule has 0 aromatic rings. The second kappa shape index (κ2) is 3.53. The molecule has 0 bridgehead atoms. The van der Waals surface area contributed by atoms with Gasteiger partial charge in [-0.2, -0.15) is 0 Å². The zero-order valence-corrected chi connectivity index (χ0v) is 4.86. The van der Waals surface area contributed by atoms with Crippen molar-refractivity contribution in [3.63, 3.8) is 0 Å². The van der Waals surface area contributed by atoms with Crippen LogP contribution in [0.4, 0.5) is 0 Å². The molecular weight excluding hydrogens is 88.1 g/mol. The van der Waals surface area contributed by atoms with Gasteiger partial charge in [0.25, 0.3) is 0 Å². The largest absolute Gasteiger partial charge is 0.403 e. The van der Waals surface area contributed by atoms with Gasteiger partial charge in [-0.3, -0.25) is 0 Å². The van der Waals surface area contributed by atoms with Crippen LogP contribution in [-0.2, 0) is 0 Å². The van der Waals surface area contributed by atoms with Crippen LogP contribution in [-0.4, -0.2) is 7.05 Å². The standard InChI is InChI=1S/C5H12N2/c1-3-5(4-6)7-2/h4,7H,3,6H2,1-2H3/b5-4+. The Hall–Kier alpha value is -0.660. The lowest BCUT2D eigenvalue weighted by Crippen LogP contribution is -2.06. The van der Waals surface area contributed by atoms with E-state index in [1.807, 2.05) is 7.05 Å². The van der Waals surface area contributed by atoms with Crippen LogP contribution >= 0.6 is 0 Å². The third-order valence-electron chi connectivity index (χ3n) is 0.903. The summed E-state index contributed by atoms with van der Waals surface area (Å²) >= 11 is 0. The lowest BCUT2D eigenvalue weighted by atomic mass is 10.4.